The Hall–Kier alpha value is -1.77. The molecule has 0 bridgehead atoms. The van der Waals surface area contributed by atoms with Gasteiger partial charge in [-0.1, -0.05) is 12.1 Å². The summed E-state index contributed by atoms with van der Waals surface area (Å²) in [7, 11) is 0. The fraction of sp³-hybridized carbons (Fsp3) is 0.400. The van der Waals surface area contributed by atoms with E-state index in [4.69, 9.17) is 9.47 Å². The van der Waals surface area contributed by atoms with E-state index >= 15 is 0 Å². The number of rotatable bonds is 5. The Kier molecular flexibility index (Phi) is 5.43. The average molecular weight is 248 g/mol. The van der Waals surface area contributed by atoms with E-state index in [-0.39, 0.29) is 12.1 Å². The fourth-order valence-electron chi connectivity index (χ4n) is 1.51. The van der Waals surface area contributed by atoms with Crippen LogP contribution in [0.25, 0.3) is 5.57 Å². The lowest BCUT2D eigenvalue weighted by Gasteiger charge is -2.10. The summed E-state index contributed by atoms with van der Waals surface area (Å²) in [5.74, 6) is 0.523. The van der Waals surface area contributed by atoms with E-state index < -0.39 is 0 Å². The zero-order chi connectivity index (χ0) is 13.5. The third kappa shape index (κ3) is 4.62. The van der Waals surface area contributed by atoms with Gasteiger partial charge in [0.25, 0.3) is 0 Å². The Balaban J connectivity index is 2.75. The first-order valence-electron chi connectivity index (χ1n) is 6.15. The molecule has 0 saturated heterocycles. The number of carbonyl (C=O) groups excluding carboxylic acids is 1. The molecule has 0 aliphatic heterocycles. The van der Waals surface area contributed by atoms with Crippen molar-refractivity contribution >= 4 is 11.5 Å². The summed E-state index contributed by atoms with van der Waals surface area (Å²) in [5, 5.41) is 0. The second-order valence-electron chi connectivity index (χ2n) is 4.27. The monoisotopic (exact) mass is 248 g/mol. The zero-order valence-corrected chi connectivity index (χ0v) is 11.4. The number of hydrogen-bond acceptors (Lipinski definition) is 3. The minimum atomic E-state index is -0.308. The first kappa shape index (κ1) is 14.3. The highest BCUT2D eigenvalue weighted by atomic mass is 16.5. The van der Waals surface area contributed by atoms with Gasteiger partial charge in [0, 0.05) is 6.08 Å². The summed E-state index contributed by atoms with van der Waals surface area (Å²) in [4.78, 5) is 11.3. The molecule has 0 N–H and O–H groups in total. The van der Waals surface area contributed by atoms with Crippen LogP contribution in [-0.4, -0.2) is 18.7 Å². The van der Waals surface area contributed by atoms with Crippen molar-refractivity contribution in [3.05, 3.63) is 35.9 Å². The van der Waals surface area contributed by atoms with Crippen molar-refractivity contribution in [2.24, 2.45) is 0 Å². The Labute approximate surface area is 108 Å². The summed E-state index contributed by atoms with van der Waals surface area (Å²) in [6.07, 6.45) is 1.66. The van der Waals surface area contributed by atoms with Crippen LogP contribution in [0.5, 0.6) is 5.75 Å². The molecule has 0 saturated carbocycles. The highest BCUT2D eigenvalue weighted by molar-refractivity contribution is 5.90. The summed E-state index contributed by atoms with van der Waals surface area (Å²) in [6.45, 7) is 8.04. The molecular weight excluding hydrogens is 228 g/mol. The quantitative estimate of drug-likeness (QED) is 0.591. The predicted molar refractivity (Wildman–Crippen MR) is 72.5 cm³/mol. The van der Waals surface area contributed by atoms with E-state index in [0.717, 1.165) is 16.9 Å². The van der Waals surface area contributed by atoms with Gasteiger partial charge in [0.2, 0.25) is 0 Å². The fourth-order valence-corrected chi connectivity index (χ4v) is 1.51. The molecular formula is C15H20O3. The Morgan fingerprint density at radius 3 is 2.39 bits per heavy atom. The molecule has 0 fully saturated rings. The van der Waals surface area contributed by atoms with Crippen LogP contribution < -0.4 is 4.74 Å². The van der Waals surface area contributed by atoms with E-state index in [1.54, 1.807) is 6.92 Å². The van der Waals surface area contributed by atoms with Crippen molar-refractivity contribution < 1.29 is 14.3 Å². The molecule has 1 aromatic rings. The van der Waals surface area contributed by atoms with Crippen LogP contribution in [0.2, 0.25) is 0 Å². The van der Waals surface area contributed by atoms with E-state index in [0.29, 0.717) is 6.61 Å². The number of carbonyl (C=O) groups is 1. The van der Waals surface area contributed by atoms with E-state index in [9.17, 15) is 4.79 Å². The van der Waals surface area contributed by atoms with Crippen LogP contribution in [0.4, 0.5) is 0 Å². The molecule has 0 radical (unpaired) electrons. The number of hydrogen-bond donors (Lipinski definition) is 0. The first-order valence-corrected chi connectivity index (χ1v) is 6.15. The van der Waals surface area contributed by atoms with Gasteiger partial charge in [0.1, 0.15) is 5.75 Å². The van der Waals surface area contributed by atoms with Crippen LogP contribution in [0.3, 0.4) is 0 Å². The van der Waals surface area contributed by atoms with E-state index in [1.807, 2.05) is 45.0 Å². The molecule has 1 rings (SSSR count). The van der Waals surface area contributed by atoms with Gasteiger partial charge in [-0.25, -0.2) is 4.79 Å². The van der Waals surface area contributed by atoms with E-state index in [2.05, 4.69) is 0 Å². The number of allylic oxidation sites excluding steroid dienone is 1. The van der Waals surface area contributed by atoms with Gasteiger partial charge >= 0.3 is 5.97 Å². The minimum absolute atomic E-state index is 0.159. The molecule has 1 aromatic carbocycles. The third-order valence-corrected chi connectivity index (χ3v) is 2.30. The van der Waals surface area contributed by atoms with Gasteiger partial charge in [-0.2, -0.15) is 0 Å². The van der Waals surface area contributed by atoms with Crippen LogP contribution in [0.15, 0.2) is 30.3 Å². The smallest absolute Gasteiger partial charge is 0.331 e. The van der Waals surface area contributed by atoms with Crippen LogP contribution >= 0.6 is 0 Å². The van der Waals surface area contributed by atoms with Crippen molar-refractivity contribution in [3.63, 3.8) is 0 Å². The standard InChI is InChI=1S/C15H20O3/c1-5-17-15(16)10-12(4)13-6-8-14(9-7-13)18-11(2)3/h6-11H,5H2,1-4H3/b12-10+. The lowest BCUT2D eigenvalue weighted by molar-refractivity contribution is -0.137. The minimum Gasteiger partial charge on any atom is -0.491 e. The molecule has 0 aliphatic carbocycles. The van der Waals surface area contributed by atoms with Gasteiger partial charge in [0.05, 0.1) is 12.7 Å². The third-order valence-electron chi connectivity index (χ3n) is 2.30. The van der Waals surface area contributed by atoms with Gasteiger partial charge in [-0.05, 0) is 51.0 Å². The normalized spacial score (nSPS) is 11.5. The molecule has 3 nitrogen and oxygen atoms in total. The number of ether oxygens (including phenoxy) is 2. The van der Waals surface area contributed by atoms with Crippen LogP contribution in [-0.2, 0) is 9.53 Å². The highest BCUT2D eigenvalue weighted by Crippen LogP contribution is 2.19. The van der Waals surface area contributed by atoms with Crippen LogP contribution in [0.1, 0.15) is 33.3 Å². The topological polar surface area (TPSA) is 35.5 Å². The lowest BCUT2D eigenvalue weighted by Crippen LogP contribution is -2.05. The second kappa shape index (κ2) is 6.84. The molecule has 0 aromatic heterocycles. The molecule has 0 atom stereocenters. The highest BCUT2D eigenvalue weighted by Gasteiger charge is 2.02. The molecule has 0 spiro atoms. The maximum absolute atomic E-state index is 11.3. The van der Waals surface area contributed by atoms with Crippen molar-refractivity contribution in [3.8, 4) is 5.75 Å². The van der Waals surface area contributed by atoms with Crippen molar-refractivity contribution in [2.45, 2.75) is 33.8 Å². The summed E-state index contributed by atoms with van der Waals surface area (Å²) >= 11 is 0. The predicted octanol–water partition coefficient (Wildman–Crippen LogP) is 3.44. The van der Waals surface area contributed by atoms with Gasteiger partial charge in [-0.3, -0.25) is 0 Å². The molecule has 98 valence electrons. The molecule has 0 amide bonds. The molecule has 3 heteroatoms. The van der Waals surface area contributed by atoms with Gasteiger partial charge in [-0.15, -0.1) is 0 Å². The molecule has 0 unspecified atom stereocenters. The number of esters is 1. The maximum Gasteiger partial charge on any atom is 0.331 e. The lowest BCUT2D eigenvalue weighted by atomic mass is 10.1. The van der Waals surface area contributed by atoms with E-state index in [1.165, 1.54) is 6.08 Å². The first-order chi connectivity index (χ1) is 8.52. The zero-order valence-electron chi connectivity index (χ0n) is 11.4. The second-order valence-corrected chi connectivity index (χ2v) is 4.27. The van der Waals surface area contributed by atoms with Gasteiger partial charge in [0.15, 0.2) is 0 Å². The van der Waals surface area contributed by atoms with Crippen LogP contribution in [0, 0.1) is 0 Å². The largest absolute Gasteiger partial charge is 0.491 e. The average Bonchev–Trinajstić information content (AvgIpc) is 2.29. The van der Waals surface area contributed by atoms with Gasteiger partial charge < -0.3 is 9.47 Å². The molecule has 18 heavy (non-hydrogen) atoms. The van der Waals surface area contributed by atoms with Crippen molar-refractivity contribution in [1.82, 2.24) is 0 Å². The summed E-state index contributed by atoms with van der Waals surface area (Å²) < 4.78 is 10.4. The van der Waals surface area contributed by atoms with Crippen molar-refractivity contribution in [2.75, 3.05) is 6.61 Å². The molecule has 0 heterocycles. The Morgan fingerprint density at radius 2 is 1.89 bits per heavy atom. The summed E-state index contributed by atoms with van der Waals surface area (Å²) in [6, 6.07) is 7.67. The summed E-state index contributed by atoms with van der Waals surface area (Å²) in [5.41, 5.74) is 1.86. The Bertz CT molecular complexity index is 416. The maximum atomic E-state index is 11.3. The Morgan fingerprint density at radius 1 is 1.28 bits per heavy atom. The van der Waals surface area contributed by atoms with Crippen molar-refractivity contribution in [1.29, 1.82) is 0 Å². The molecule has 0 aliphatic rings. The SMILES string of the molecule is CCOC(=O)/C=C(\C)c1ccc(OC(C)C)cc1. The number of benzene rings is 1.